The second-order valence-electron chi connectivity index (χ2n) is 6.08. The molecule has 2 rings (SSSR count). The Hall–Kier alpha value is 0.500. The van der Waals surface area contributed by atoms with E-state index in [1.54, 1.807) is 14.2 Å². The van der Waals surface area contributed by atoms with Crippen LogP contribution in [0.2, 0.25) is 0 Å². The van der Waals surface area contributed by atoms with Gasteiger partial charge in [0.1, 0.15) is 27.9 Å². The largest absolute Gasteiger partial charge is 0.382 e. The zero-order chi connectivity index (χ0) is 17.0. The Labute approximate surface area is 144 Å². The fourth-order valence-corrected chi connectivity index (χ4v) is 4.50. The lowest BCUT2D eigenvalue weighted by molar-refractivity contribution is -0.0301. The summed E-state index contributed by atoms with van der Waals surface area (Å²) in [6.45, 7) is -2.84. The van der Waals surface area contributed by atoms with Crippen molar-refractivity contribution in [1.82, 2.24) is 0 Å². The van der Waals surface area contributed by atoms with Crippen LogP contribution in [0.15, 0.2) is 0 Å². The SMILES string of the molecule is BC1CC(OC)C(COP(O)(=S)OC2CC(B)OC2COC)O1. The van der Waals surface area contributed by atoms with Crippen molar-refractivity contribution in [2.45, 2.75) is 49.3 Å². The molecule has 2 fully saturated rings. The second kappa shape index (κ2) is 8.74. The van der Waals surface area contributed by atoms with Crippen LogP contribution < -0.4 is 0 Å². The summed E-state index contributed by atoms with van der Waals surface area (Å²) in [7, 11) is 7.16. The maximum Gasteiger partial charge on any atom is 0.324 e. The van der Waals surface area contributed by atoms with Gasteiger partial charge in [0.15, 0.2) is 0 Å². The van der Waals surface area contributed by atoms with Crippen molar-refractivity contribution < 1.29 is 32.9 Å². The third-order valence-corrected chi connectivity index (χ3v) is 5.66. The van der Waals surface area contributed by atoms with Crippen LogP contribution in [-0.4, -0.2) is 84.4 Å². The first-order valence-corrected chi connectivity index (χ1v) is 10.4. The molecule has 7 unspecified atom stereocenters. The summed E-state index contributed by atoms with van der Waals surface area (Å²) in [6, 6.07) is 0.133. The van der Waals surface area contributed by atoms with E-state index in [0.29, 0.717) is 13.0 Å². The van der Waals surface area contributed by atoms with Gasteiger partial charge in [-0.25, -0.2) is 0 Å². The van der Waals surface area contributed by atoms with E-state index in [9.17, 15) is 4.89 Å². The minimum Gasteiger partial charge on any atom is -0.382 e. The fourth-order valence-electron chi connectivity index (χ4n) is 3.03. The monoisotopic (exact) mass is 366 g/mol. The molecule has 11 heteroatoms. The molecule has 7 nitrogen and oxygen atoms in total. The Balaban J connectivity index is 1.85. The summed E-state index contributed by atoms with van der Waals surface area (Å²) in [5.41, 5.74) is 0. The maximum absolute atomic E-state index is 10.3. The Bertz CT molecular complexity index is 432. The molecule has 2 aliphatic heterocycles. The van der Waals surface area contributed by atoms with Crippen LogP contribution in [0.4, 0.5) is 0 Å². The van der Waals surface area contributed by atoms with Crippen LogP contribution in [0.1, 0.15) is 12.8 Å². The first-order valence-electron chi connectivity index (χ1n) is 7.83. The fraction of sp³-hybridized carbons (Fsp3) is 1.00. The molecular formula is C12H25B2O7PS. The van der Waals surface area contributed by atoms with E-state index in [0.717, 1.165) is 6.42 Å². The highest BCUT2D eigenvalue weighted by molar-refractivity contribution is 8.07. The van der Waals surface area contributed by atoms with Gasteiger partial charge in [-0.05, 0) is 24.6 Å². The van der Waals surface area contributed by atoms with Gasteiger partial charge in [-0.2, -0.15) is 0 Å². The van der Waals surface area contributed by atoms with Crippen LogP contribution in [-0.2, 0) is 39.8 Å². The highest BCUT2D eigenvalue weighted by Gasteiger charge is 2.39. The van der Waals surface area contributed by atoms with Crippen molar-refractivity contribution in [3.8, 4) is 0 Å². The summed E-state index contributed by atoms with van der Waals surface area (Å²) < 4.78 is 33.0. The topological polar surface area (TPSA) is 75.6 Å². The minimum atomic E-state index is -3.38. The van der Waals surface area contributed by atoms with Gasteiger partial charge in [0.2, 0.25) is 0 Å². The van der Waals surface area contributed by atoms with Crippen LogP contribution in [0, 0.1) is 0 Å². The number of hydrogen-bond donors (Lipinski definition) is 1. The first-order chi connectivity index (χ1) is 10.8. The number of ether oxygens (including phenoxy) is 4. The molecule has 7 atom stereocenters. The van der Waals surface area contributed by atoms with Crippen LogP contribution in [0.25, 0.3) is 0 Å². The number of methoxy groups -OCH3 is 2. The molecule has 23 heavy (non-hydrogen) atoms. The molecule has 132 valence electrons. The average molecular weight is 366 g/mol. The van der Waals surface area contributed by atoms with Crippen LogP contribution >= 0.6 is 6.72 Å². The van der Waals surface area contributed by atoms with Gasteiger partial charge in [-0.1, -0.05) is 0 Å². The highest BCUT2D eigenvalue weighted by atomic mass is 32.5. The van der Waals surface area contributed by atoms with E-state index in [1.807, 2.05) is 15.7 Å². The molecule has 0 radical (unpaired) electrons. The molecule has 0 aliphatic carbocycles. The predicted octanol–water partition coefficient (Wildman–Crippen LogP) is -1.24. The van der Waals surface area contributed by atoms with Gasteiger partial charge >= 0.3 is 6.72 Å². The Morgan fingerprint density at radius 2 is 1.65 bits per heavy atom. The summed E-state index contributed by atoms with van der Waals surface area (Å²) in [5.74, 6) is 0. The molecule has 0 aromatic carbocycles. The lowest BCUT2D eigenvalue weighted by atomic mass is 9.96. The molecule has 1 N–H and O–H groups in total. The van der Waals surface area contributed by atoms with Crippen molar-refractivity contribution in [2.75, 3.05) is 27.4 Å². The third kappa shape index (κ3) is 5.76. The second-order valence-corrected chi connectivity index (χ2v) is 8.87. The molecule has 2 saturated heterocycles. The van der Waals surface area contributed by atoms with Crippen molar-refractivity contribution >= 4 is 34.2 Å². The smallest absolute Gasteiger partial charge is 0.324 e. The van der Waals surface area contributed by atoms with E-state index in [1.165, 1.54) is 0 Å². The van der Waals surface area contributed by atoms with Gasteiger partial charge in [0.05, 0.1) is 25.4 Å². The van der Waals surface area contributed by atoms with Gasteiger partial charge in [-0.3, -0.25) is 0 Å². The Kier molecular flexibility index (Phi) is 7.53. The van der Waals surface area contributed by atoms with Crippen molar-refractivity contribution in [3.63, 3.8) is 0 Å². The Morgan fingerprint density at radius 3 is 2.22 bits per heavy atom. The number of hydrogen-bond acceptors (Lipinski definition) is 7. The zero-order valence-corrected chi connectivity index (χ0v) is 15.8. The third-order valence-electron chi connectivity index (χ3n) is 4.08. The standard InChI is InChI=1S/C12H25B2O7PS/c1-16-5-9-8(4-12(14)19-9)21-22(15,23)18-6-10-7(17-2)3-11(13)20-10/h7-12H,3-6,13-14H2,1-2H3,(H,15,23). The van der Waals surface area contributed by atoms with Crippen LogP contribution in [0.3, 0.4) is 0 Å². The summed E-state index contributed by atoms with van der Waals surface area (Å²) in [6.07, 6.45) is 0.556. The quantitative estimate of drug-likeness (QED) is 0.423. The van der Waals surface area contributed by atoms with E-state index in [4.69, 9.17) is 39.8 Å². The van der Waals surface area contributed by atoms with Gasteiger partial charge in [0.25, 0.3) is 0 Å². The maximum atomic E-state index is 10.3. The molecule has 0 saturated carbocycles. The summed E-state index contributed by atoms with van der Waals surface area (Å²) in [4.78, 5) is 10.3. The van der Waals surface area contributed by atoms with Crippen LogP contribution in [0.5, 0.6) is 0 Å². The molecule has 2 aliphatic rings. The van der Waals surface area contributed by atoms with Gasteiger partial charge in [-0.15, -0.1) is 0 Å². The van der Waals surface area contributed by atoms with E-state index < -0.39 is 6.72 Å². The molecule has 0 aromatic heterocycles. The lowest BCUT2D eigenvalue weighted by Crippen LogP contribution is -2.30. The van der Waals surface area contributed by atoms with Crippen molar-refractivity contribution in [3.05, 3.63) is 0 Å². The summed E-state index contributed by atoms with van der Waals surface area (Å²) in [5, 5.41) is 0. The molecule has 0 bridgehead atoms. The van der Waals surface area contributed by atoms with Gasteiger partial charge < -0.3 is 32.9 Å². The highest BCUT2D eigenvalue weighted by Crippen LogP contribution is 2.48. The zero-order valence-electron chi connectivity index (χ0n) is 14.0. The van der Waals surface area contributed by atoms with E-state index in [-0.39, 0.29) is 43.0 Å². The molecular weight excluding hydrogens is 341 g/mol. The normalized spacial score (nSPS) is 40.3. The predicted molar refractivity (Wildman–Crippen MR) is 93.6 cm³/mol. The number of rotatable bonds is 8. The van der Waals surface area contributed by atoms with Crippen molar-refractivity contribution in [2.24, 2.45) is 0 Å². The minimum absolute atomic E-state index is 0.0343. The van der Waals surface area contributed by atoms with E-state index >= 15 is 0 Å². The first kappa shape index (κ1) is 19.8. The average Bonchev–Trinajstić information content (AvgIpc) is 2.99. The summed E-state index contributed by atoms with van der Waals surface area (Å²) >= 11 is 5.12. The molecule has 0 aromatic rings. The molecule has 0 amide bonds. The van der Waals surface area contributed by atoms with Gasteiger partial charge in [0, 0.05) is 26.2 Å². The molecule has 2 heterocycles. The molecule has 0 spiro atoms. The van der Waals surface area contributed by atoms with E-state index in [2.05, 4.69) is 0 Å². The van der Waals surface area contributed by atoms with Crippen molar-refractivity contribution in [1.29, 1.82) is 0 Å². The Morgan fingerprint density at radius 1 is 1.09 bits per heavy atom. The lowest BCUT2D eigenvalue weighted by Gasteiger charge is -2.25.